The largest absolute Gasteiger partial charge is 0.320 e. The quantitative estimate of drug-likeness (QED) is 0.771. The van der Waals surface area contributed by atoms with Crippen LogP contribution in [-0.2, 0) is 0 Å². The first-order valence-electron chi connectivity index (χ1n) is 6.50. The molecule has 22 heavy (non-hydrogen) atoms. The van der Waals surface area contributed by atoms with E-state index < -0.39 is 0 Å². The Labute approximate surface area is 137 Å². The molecule has 0 aliphatic carbocycles. The van der Waals surface area contributed by atoms with Crippen molar-refractivity contribution >= 4 is 34.8 Å². The molecule has 0 spiro atoms. The lowest BCUT2D eigenvalue weighted by molar-refractivity contribution is 0.102. The van der Waals surface area contributed by atoms with Crippen molar-refractivity contribution in [1.29, 1.82) is 0 Å². The number of amides is 1. The van der Waals surface area contributed by atoms with E-state index in [1.165, 1.54) is 6.20 Å². The second-order valence-electron chi connectivity index (χ2n) is 4.56. The third-order valence-corrected chi connectivity index (χ3v) is 3.88. The van der Waals surface area contributed by atoms with Gasteiger partial charge in [0.1, 0.15) is 0 Å². The minimum Gasteiger partial charge on any atom is -0.320 e. The fourth-order valence-electron chi connectivity index (χ4n) is 1.96. The van der Waals surface area contributed by atoms with Crippen LogP contribution < -0.4 is 5.32 Å². The van der Waals surface area contributed by atoms with Crippen LogP contribution in [0.15, 0.2) is 60.9 Å². The Kier molecular flexibility index (Phi) is 4.13. The molecule has 0 aliphatic heterocycles. The van der Waals surface area contributed by atoms with E-state index in [1.807, 2.05) is 30.3 Å². The molecule has 1 heterocycles. The van der Waals surface area contributed by atoms with Gasteiger partial charge in [-0.05, 0) is 24.3 Å². The summed E-state index contributed by atoms with van der Waals surface area (Å²) in [5.41, 5.74) is 1.77. The fraction of sp³-hybridized carbons (Fsp3) is 0. The molecule has 3 aromatic rings. The third-order valence-electron chi connectivity index (χ3n) is 3.07. The minimum absolute atomic E-state index is 0.300. The summed E-state index contributed by atoms with van der Waals surface area (Å²) in [6.07, 6.45) is 3.16. The summed E-state index contributed by atoms with van der Waals surface area (Å²) >= 11 is 12.0. The molecule has 6 heteroatoms. The summed E-state index contributed by atoms with van der Waals surface area (Å²) in [6, 6.07) is 14.6. The average molecular weight is 332 g/mol. The van der Waals surface area contributed by atoms with Crippen LogP contribution in [0.4, 0.5) is 5.69 Å². The predicted octanol–water partition coefficient (Wildman–Crippen LogP) is 4.43. The van der Waals surface area contributed by atoms with Crippen molar-refractivity contribution in [2.75, 3.05) is 5.32 Å². The Bertz CT molecular complexity index is 815. The molecule has 1 N–H and O–H groups in total. The van der Waals surface area contributed by atoms with Gasteiger partial charge in [-0.25, -0.2) is 4.68 Å². The maximum Gasteiger partial charge on any atom is 0.258 e. The van der Waals surface area contributed by atoms with Gasteiger partial charge in [0.2, 0.25) is 0 Å². The van der Waals surface area contributed by atoms with E-state index in [-0.39, 0.29) is 5.91 Å². The van der Waals surface area contributed by atoms with Gasteiger partial charge in [-0.15, -0.1) is 0 Å². The van der Waals surface area contributed by atoms with Crippen molar-refractivity contribution in [3.63, 3.8) is 0 Å². The van der Waals surface area contributed by atoms with Gasteiger partial charge in [0.25, 0.3) is 5.91 Å². The molecular weight excluding hydrogens is 321 g/mol. The smallest absolute Gasteiger partial charge is 0.258 e. The standard InChI is InChI=1S/C16H11Cl2N3O/c17-13-7-4-8-14(15(13)18)20-16(22)11-9-19-21(10-11)12-5-2-1-3-6-12/h1-10H,(H,20,22). The number of anilines is 1. The molecule has 0 aliphatic rings. The van der Waals surface area contributed by atoms with Crippen LogP contribution in [0.1, 0.15) is 10.4 Å². The van der Waals surface area contributed by atoms with Crippen molar-refractivity contribution in [3.8, 4) is 5.69 Å². The van der Waals surface area contributed by atoms with Gasteiger partial charge >= 0.3 is 0 Å². The number of nitrogens with zero attached hydrogens (tertiary/aromatic N) is 2. The Hall–Kier alpha value is -2.30. The Morgan fingerprint density at radius 1 is 1.05 bits per heavy atom. The first kappa shape index (κ1) is 14.6. The van der Waals surface area contributed by atoms with Gasteiger partial charge in [0.15, 0.2) is 0 Å². The highest BCUT2D eigenvalue weighted by Gasteiger charge is 2.12. The van der Waals surface area contributed by atoms with E-state index in [1.54, 1.807) is 29.1 Å². The monoisotopic (exact) mass is 331 g/mol. The van der Waals surface area contributed by atoms with Gasteiger partial charge in [0.05, 0.1) is 33.2 Å². The molecule has 0 atom stereocenters. The summed E-state index contributed by atoms with van der Waals surface area (Å²) < 4.78 is 1.63. The van der Waals surface area contributed by atoms with E-state index in [0.29, 0.717) is 21.3 Å². The van der Waals surface area contributed by atoms with Crippen molar-refractivity contribution in [2.45, 2.75) is 0 Å². The highest BCUT2D eigenvalue weighted by molar-refractivity contribution is 6.44. The first-order valence-corrected chi connectivity index (χ1v) is 7.26. The molecule has 0 saturated heterocycles. The molecule has 0 saturated carbocycles. The number of para-hydroxylation sites is 1. The molecule has 0 unspecified atom stereocenters. The lowest BCUT2D eigenvalue weighted by Gasteiger charge is -2.06. The molecule has 3 rings (SSSR count). The number of rotatable bonds is 3. The van der Waals surface area contributed by atoms with Gasteiger partial charge in [0, 0.05) is 6.20 Å². The fourth-order valence-corrected chi connectivity index (χ4v) is 2.30. The van der Waals surface area contributed by atoms with Crippen LogP contribution >= 0.6 is 23.2 Å². The van der Waals surface area contributed by atoms with Crippen LogP contribution in [0.3, 0.4) is 0 Å². The van der Waals surface area contributed by atoms with E-state index in [9.17, 15) is 4.79 Å². The summed E-state index contributed by atoms with van der Waals surface area (Å²) in [6.45, 7) is 0. The Morgan fingerprint density at radius 3 is 2.59 bits per heavy atom. The number of carbonyl (C=O) groups excluding carboxylic acids is 1. The minimum atomic E-state index is -0.300. The number of nitrogens with one attached hydrogen (secondary N) is 1. The molecule has 1 aromatic heterocycles. The lowest BCUT2D eigenvalue weighted by atomic mass is 10.3. The van der Waals surface area contributed by atoms with Crippen LogP contribution in [0, 0.1) is 0 Å². The lowest BCUT2D eigenvalue weighted by Crippen LogP contribution is -2.11. The summed E-state index contributed by atoms with van der Waals surface area (Å²) in [5.74, 6) is -0.300. The van der Waals surface area contributed by atoms with Gasteiger partial charge < -0.3 is 5.32 Å². The number of hydrogen-bond donors (Lipinski definition) is 1. The molecule has 0 radical (unpaired) electrons. The van der Waals surface area contributed by atoms with Crippen molar-refractivity contribution in [2.24, 2.45) is 0 Å². The molecule has 4 nitrogen and oxygen atoms in total. The topological polar surface area (TPSA) is 46.9 Å². The molecule has 0 bridgehead atoms. The van der Waals surface area contributed by atoms with Crippen molar-refractivity contribution < 1.29 is 4.79 Å². The van der Waals surface area contributed by atoms with Gasteiger partial charge in [-0.1, -0.05) is 47.5 Å². The maximum atomic E-state index is 12.3. The number of carbonyl (C=O) groups is 1. The number of benzene rings is 2. The van der Waals surface area contributed by atoms with Crippen LogP contribution in [-0.4, -0.2) is 15.7 Å². The highest BCUT2D eigenvalue weighted by atomic mass is 35.5. The summed E-state index contributed by atoms with van der Waals surface area (Å²) in [7, 11) is 0. The Balaban J connectivity index is 1.82. The van der Waals surface area contributed by atoms with E-state index in [0.717, 1.165) is 5.69 Å². The maximum absolute atomic E-state index is 12.3. The zero-order valence-electron chi connectivity index (χ0n) is 11.3. The van der Waals surface area contributed by atoms with E-state index >= 15 is 0 Å². The van der Waals surface area contributed by atoms with Crippen LogP contribution in [0.25, 0.3) is 5.69 Å². The summed E-state index contributed by atoms with van der Waals surface area (Å²) in [4.78, 5) is 12.3. The first-order chi connectivity index (χ1) is 10.6. The SMILES string of the molecule is O=C(Nc1cccc(Cl)c1Cl)c1cnn(-c2ccccc2)c1. The van der Waals surface area contributed by atoms with E-state index in [4.69, 9.17) is 23.2 Å². The number of halogens is 2. The molecule has 1 amide bonds. The van der Waals surface area contributed by atoms with Crippen LogP contribution in [0.2, 0.25) is 10.0 Å². The van der Waals surface area contributed by atoms with Crippen molar-refractivity contribution in [1.82, 2.24) is 9.78 Å². The average Bonchev–Trinajstić information content (AvgIpc) is 3.03. The van der Waals surface area contributed by atoms with E-state index in [2.05, 4.69) is 10.4 Å². The third kappa shape index (κ3) is 2.98. The molecule has 0 fully saturated rings. The molecule has 2 aromatic carbocycles. The Morgan fingerprint density at radius 2 is 1.82 bits per heavy atom. The number of aromatic nitrogens is 2. The number of hydrogen-bond acceptors (Lipinski definition) is 2. The normalized spacial score (nSPS) is 10.5. The van der Waals surface area contributed by atoms with Crippen LogP contribution in [0.5, 0.6) is 0 Å². The summed E-state index contributed by atoms with van der Waals surface area (Å²) in [5, 5.41) is 7.61. The second kappa shape index (κ2) is 6.22. The highest BCUT2D eigenvalue weighted by Crippen LogP contribution is 2.29. The predicted molar refractivity (Wildman–Crippen MR) is 88.0 cm³/mol. The molecule has 110 valence electrons. The zero-order valence-corrected chi connectivity index (χ0v) is 12.8. The van der Waals surface area contributed by atoms with Gasteiger partial charge in [-0.3, -0.25) is 4.79 Å². The zero-order chi connectivity index (χ0) is 15.5. The van der Waals surface area contributed by atoms with Crippen molar-refractivity contribution in [3.05, 3.63) is 76.5 Å². The second-order valence-corrected chi connectivity index (χ2v) is 5.35. The van der Waals surface area contributed by atoms with Gasteiger partial charge in [-0.2, -0.15) is 5.10 Å². The molecular formula is C16H11Cl2N3O.